The van der Waals surface area contributed by atoms with Gasteiger partial charge in [0.15, 0.2) is 0 Å². The molecule has 0 saturated heterocycles. The first-order valence-electron chi connectivity index (χ1n) is 10.1. The number of aryl methyl sites for hydroxylation is 1. The number of ether oxygens (including phenoxy) is 1. The standard InChI is InChI=1S/C25H23N3O3/c1-31-22-12-11-19(16-18(22)15-17-7-3-2-4-8-17)26-24(29)14-13-23-27-21-10-6-5-9-20(21)25(30)28-23/h2-12,16H,13-15H2,1H3,(H,26,29)(H,27,28,30). The van der Waals surface area contributed by atoms with Gasteiger partial charge in [0.05, 0.1) is 18.0 Å². The van der Waals surface area contributed by atoms with Crippen LogP contribution in [0.3, 0.4) is 0 Å². The lowest BCUT2D eigenvalue weighted by Gasteiger charge is -2.12. The van der Waals surface area contributed by atoms with E-state index >= 15 is 0 Å². The van der Waals surface area contributed by atoms with E-state index in [1.54, 1.807) is 25.3 Å². The summed E-state index contributed by atoms with van der Waals surface area (Å²) in [5.41, 5.74) is 3.29. The van der Waals surface area contributed by atoms with Crippen molar-refractivity contribution in [1.82, 2.24) is 9.97 Å². The summed E-state index contributed by atoms with van der Waals surface area (Å²) >= 11 is 0. The molecule has 3 aromatic carbocycles. The molecule has 31 heavy (non-hydrogen) atoms. The number of methoxy groups -OCH3 is 1. The fourth-order valence-electron chi connectivity index (χ4n) is 3.52. The summed E-state index contributed by atoms with van der Waals surface area (Å²) in [6, 6.07) is 22.9. The maximum absolute atomic E-state index is 12.5. The Labute approximate surface area is 179 Å². The average Bonchev–Trinajstić information content (AvgIpc) is 2.79. The molecular weight excluding hydrogens is 390 g/mol. The van der Waals surface area contributed by atoms with Crippen LogP contribution in [-0.4, -0.2) is 23.0 Å². The number of nitrogens with one attached hydrogen (secondary N) is 2. The summed E-state index contributed by atoms with van der Waals surface area (Å²) in [5.74, 6) is 1.13. The zero-order valence-electron chi connectivity index (χ0n) is 17.2. The van der Waals surface area contributed by atoms with E-state index in [0.717, 1.165) is 16.9 Å². The molecule has 0 atom stereocenters. The highest BCUT2D eigenvalue weighted by atomic mass is 16.5. The Morgan fingerprint density at radius 3 is 2.61 bits per heavy atom. The fourth-order valence-corrected chi connectivity index (χ4v) is 3.52. The minimum Gasteiger partial charge on any atom is -0.496 e. The molecule has 1 aromatic heterocycles. The van der Waals surface area contributed by atoms with Gasteiger partial charge in [0.1, 0.15) is 11.6 Å². The van der Waals surface area contributed by atoms with Gasteiger partial charge in [-0.05, 0) is 35.9 Å². The Balaban J connectivity index is 1.44. The third-order valence-corrected chi connectivity index (χ3v) is 5.05. The van der Waals surface area contributed by atoms with Gasteiger partial charge in [-0.1, -0.05) is 42.5 Å². The predicted molar refractivity (Wildman–Crippen MR) is 122 cm³/mol. The van der Waals surface area contributed by atoms with Crippen LogP contribution in [0.25, 0.3) is 10.9 Å². The molecule has 6 heteroatoms. The Kier molecular flexibility index (Phi) is 6.08. The van der Waals surface area contributed by atoms with Gasteiger partial charge in [-0.2, -0.15) is 0 Å². The first-order valence-corrected chi connectivity index (χ1v) is 10.1. The average molecular weight is 413 g/mol. The summed E-state index contributed by atoms with van der Waals surface area (Å²) in [5, 5.41) is 3.47. The van der Waals surface area contributed by atoms with E-state index in [0.29, 0.717) is 35.3 Å². The number of rotatable bonds is 7. The molecule has 4 rings (SSSR count). The number of aromatic nitrogens is 2. The number of benzene rings is 3. The van der Waals surface area contributed by atoms with Crippen molar-refractivity contribution in [2.75, 3.05) is 12.4 Å². The number of fused-ring (bicyclic) bond motifs is 1. The van der Waals surface area contributed by atoms with Crippen LogP contribution in [0.2, 0.25) is 0 Å². The van der Waals surface area contributed by atoms with Gasteiger partial charge in [-0.15, -0.1) is 0 Å². The van der Waals surface area contributed by atoms with Gasteiger partial charge in [0.2, 0.25) is 5.91 Å². The summed E-state index contributed by atoms with van der Waals surface area (Å²) < 4.78 is 5.47. The summed E-state index contributed by atoms with van der Waals surface area (Å²) in [4.78, 5) is 31.9. The number of aromatic amines is 1. The van der Waals surface area contributed by atoms with E-state index in [4.69, 9.17) is 4.74 Å². The number of H-pyrrole nitrogens is 1. The summed E-state index contributed by atoms with van der Waals surface area (Å²) in [7, 11) is 1.64. The molecule has 1 heterocycles. The van der Waals surface area contributed by atoms with E-state index in [1.807, 2.05) is 42.5 Å². The SMILES string of the molecule is COc1ccc(NC(=O)CCc2nc3ccccc3c(=O)[nH]2)cc1Cc1ccccc1. The topological polar surface area (TPSA) is 84.1 Å². The molecule has 0 aliphatic rings. The van der Waals surface area contributed by atoms with E-state index < -0.39 is 0 Å². The van der Waals surface area contributed by atoms with Crippen molar-refractivity contribution in [3.8, 4) is 5.75 Å². The summed E-state index contributed by atoms with van der Waals surface area (Å²) in [6.07, 6.45) is 1.26. The first-order chi connectivity index (χ1) is 15.1. The van der Waals surface area contributed by atoms with E-state index in [-0.39, 0.29) is 17.9 Å². The normalized spacial score (nSPS) is 10.7. The Morgan fingerprint density at radius 2 is 1.81 bits per heavy atom. The number of carbonyl (C=O) groups is 1. The quantitative estimate of drug-likeness (QED) is 0.478. The molecule has 0 aliphatic carbocycles. The van der Waals surface area contributed by atoms with Crippen LogP contribution >= 0.6 is 0 Å². The van der Waals surface area contributed by atoms with Crippen LogP contribution in [0.15, 0.2) is 77.6 Å². The van der Waals surface area contributed by atoms with Crippen molar-refractivity contribution in [3.63, 3.8) is 0 Å². The minimum atomic E-state index is -0.193. The van der Waals surface area contributed by atoms with Crippen molar-refractivity contribution in [2.45, 2.75) is 19.3 Å². The third kappa shape index (κ3) is 4.98. The molecule has 0 fully saturated rings. The van der Waals surface area contributed by atoms with Crippen LogP contribution < -0.4 is 15.6 Å². The van der Waals surface area contributed by atoms with Crippen molar-refractivity contribution in [1.29, 1.82) is 0 Å². The van der Waals surface area contributed by atoms with Gasteiger partial charge < -0.3 is 15.0 Å². The first kappa shape index (κ1) is 20.3. The van der Waals surface area contributed by atoms with Crippen LogP contribution in [0.4, 0.5) is 5.69 Å². The van der Waals surface area contributed by atoms with Crippen LogP contribution in [0.1, 0.15) is 23.4 Å². The second-order valence-electron chi connectivity index (χ2n) is 7.27. The Bertz CT molecular complexity index is 1270. The van der Waals surface area contributed by atoms with Gasteiger partial charge >= 0.3 is 0 Å². The van der Waals surface area contributed by atoms with Crippen molar-refractivity contribution < 1.29 is 9.53 Å². The zero-order chi connectivity index (χ0) is 21.6. The Hall–Kier alpha value is -3.93. The lowest BCUT2D eigenvalue weighted by Crippen LogP contribution is -2.16. The highest BCUT2D eigenvalue weighted by Crippen LogP contribution is 2.25. The maximum atomic E-state index is 12.5. The molecule has 6 nitrogen and oxygen atoms in total. The van der Waals surface area contributed by atoms with Gasteiger partial charge in [-0.3, -0.25) is 9.59 Å². The second kappa shape index (κ2) is 9.26. The molecule has 0 radical (unpaired) electrons. The molecule has 0 unspecified atom stereocenters. The van der Waals surface area contributed by atoms with E-state index in [1.165, 1.54) is 0 Å². The monoisotopic (exact) mass is 413 g/mol. The molecule has 0 spiro atoms. The molecule has 4 aromatic rings. The van der Waals surface area contributed by atoms with Crippen LogP contribution in [-0.2, 0) is 17.6 Å². The fraction of sp³-hybridized carbons (Fsp3) is 0.160. The number of hydrogen-bond acceptors (Lipinski definition) is 4. The van der Waals surface area contributed by atoms with Crippen molar-refractivity contribution in [3.05, 3.63) is 100 Å². The zero-order valence-corrected chi connectivity index (χ0v) is 17.2. The van der Waals surface area contributed by atoms with E-state index in [2.05, 4.69) is 27.4 Å². The predicted octanol–water partition coefficient (Wildman–Crippen LogP) is 4.09. The molecule has 156 valence electrons. The van der Waals surface area contributed by atoms with Crippen molar-refractivity contribution >= 4 is 22.5 Å². The van der Waals surface area contributed by atoms with Crippen LogP contribution in [0.5, 0.6) is 5.75 Å². The number of para-hydroxylation sites is 1. The number of amides is 1. The highest BCUT2D eigenvalue weighted by Gasteiger charge is 2.10. The maximum Gasteiger partial charge on any atom is 0.258 e. The van der Waals surface area contributed by atoms with Crippen molar-refractivity contribution in [2.24, 2.45) is 0 Å². The molecule has 1 amide bonds. The van der Waals surface area contributed by atoms with E-state index in [9.17, 15) is 9.59 Å². The van der Waals surface area contributed by atoms with Gasteiger partial charge in [-0.25, -0.2) is 4.98 Å². The molecule has 0 bridgehead atoms. The summed E-state index contributed by atoms with van der Waals surface area (Å²) in [6.45, 7) is 0. The van der Waals surface area contributed by atoms with Crippen LogP contribution in [0, 0.1) is 0 Å². The number of nitrogens with zero attached hydrogens (tertiary/aromatic N) is 1. The molecule has 2 N–H and O–H groups in total. The number of hydrogen-bond donors (Lipinski definition) is 2. The molecule has 0 saturated carbocycles. The smallest absolute Gasteiger partial charge is 0.258 e. The largest absolute Gasteiger partial charge is 0.496 e. The second-order valence-corrected chi connectivity index (χ2v) is 7.27. The number of carbonyl (C=O) groups excluding carboxylic acids is 1. The lowest BCUT2D eigenvalue weighted by molar-refractivity contribution is -0.116. The molecule has 0 aliphatic heterocycles. The minimum absolute atomic E-state index is 0.147. The Morgan fingerprint density at radius 1 is 1.03 bits per heavy atom. The van der Waals surface area contributed by atoms with Gasteiger partial charge in [0, 0.05) is 30.5 Å². The highest BCUT2D eigenvalue weighted by molar-refractivity contribution is 5.91. The lowest BCUT2D eigenvalue weighted by atomic mass is 10.0. The third-order valence-electron chi connectivity index (χ3n) is 5.05. The van der Waals surface area contributed by atoms with Gasteiger partial charge in [0.25, 0.3) is 5.56 Å². The number of anilines is 1. The molecular formula is C25H23N3O3.